The van der Waals surface area contributed by atoms with Crippen LogP contribution < -0.4 is 0 Å². The third-order valence-electron chi connectivity index (χ3n) is 10.2. The lowest BCUT2D eigenvalue weighted by Crippen LogP contribution is -2.30. The molecular formula is C53H90O6. The van der Waals surface area contributed by atoms with Crippen molar-refractivity contribution in [3.63, 3.8) is 0 Å². The Morgan fingerprint density at radius 1 is 0.356 bits per heavy atom. The first-order valence-electron chi connectivity index (χ1n) is 24.4. The van der Waals surface area contributed by atoms with Crippen LogP contribution in [0, 0.1) is 0 Å². The lowest BCUT2D eigenvalue weighted by Gasteiger charge is -2.18. The first kappa shape index (κ1) is 55.9. The largest absolute Gasteiger partial charge is 0.462 e. The monoisotopic (exact) mass is 823 g/mol. The molecule has 0 heterocycles. The molecule has 0 unspecified atom stereocenters. The Morgan fingerprint density at radius 2 is 0.678 bits per heavy atom. The van der Waals surface area contributed by atoms with Gasteiger partial charge in [-0.3, -0.25) is 14.4 Å². The van der Waals surface area contributed by atoms with Crippen LogP contribution in [0.1, 0.15) is 226 Å². The fourth-order valence-corrected chi connectivity index (χ4v) is 6.47. The highest BCUT2D eigenvalue weighted by molar-refractivity contribution is 5.71. The lowest BCUT2D eigenvalue weighted by molar-refractivity contribution is -0.167. The van der Waals surface area contributed by atoms with E-state index < -0.39 is 6.10 Å². The van der Waals surface area contributed by atoms with Crippen molar-refractivity contribution in [1.29, 1.82) is 0 Å². The summed E-state index contributed by atoms with van der Waals surface area (Å²) in [4.78, 5) is 37.8. The molecule has 0 N–H and O–H groups in total. The van der Waals surface area contributed by atoms with Crippen molar-refractivity contribution in [2.75, 3.05) is 13.2 Å². The minimum absolute atomic E-state index is 0.0968. The van der Waals surface area contributed by atoms with Crippen LogP contribution in [0.5, 0.6) is 0 Å². The van der Waals surface area contributed by atoms with Gasteiger partial charge in [0.1, 0.15) is 13.2 Å². The van der Waals surface area contributed by atoms with E-state index in [0.717, 1.165) is 109 Å². The lowest BCUT2D eigenvalue weighted by atomic mass is 10.1. The Hall–Kier alpha value is -3.15. The van der Waals surface area contributed by atoms with Gasteiger partial charge in [0.2, 0.25) is 0 Å². The summed E-state index contributed by atoms with van der Waals surface area (Å²) in [5.74, 6) is -0.960. The molecule has 0 aromatic rings. The number of hydrogen-bond donors (Lipinski definition) is 0. The second-order valence-corrected chi connectivity index (χ2v) is 16.0. The zero-order valence-electron chi connectivity index (χ0n) is 38.5. The maximum Gasteiger partial charge on any atom is 0.306 e. The van der Waals surface area contributed by atoms with E-state index in [1.807, 2.05) is 0 Å². The molecule has 0 aromatic heterocycles. The van der Waals surface area contributed by atoms with Gasteiger partial charge in [-0.2, -0.15) is 0 Å². The molecule has 0 spiro atoms. The predicted molar refractivity (Wildman–Crippen MR) is 251 cm³/mol. The summed E-state index contributed by atoms with van der Waals surface area (Å²) in [5, 5.41) is 0. The van der Waals surface area contributed by atoms with Gasteiger partial charge in [-0.1, -0.05) is 177 Å². The standard InChI is InChI=1S/C53H90O6/c1-4-7-10-13-16-19-22-24-26-28-31-34-37-40-43-46-52(55)58-49-50(48-57-51(54)45-42-39-36-33-30-21-18-15-12-9-6-3)59-53(56)47-44-41-38-35-32-29-27-25-23-20-17-14-11-8-5-2/h7,10,15-16,18-19,24-27,31,34,50H,4-6,8-9,11-14,17,20-23,28-30,32-33,35-49H2,1-3H3/b10-7-,18-15-,19-16-,26-24-,27-25-,34-31-/t50-/m1/s1. The average Bonchev–Trinajstić information content (AvgIpc) is 3.23. The highest BCUT2D eigenvalue weighted by atomic mass is 16.6. The van der Waals surface area contributed by atoms with E-state index in [-0.39, 0.29) is 31.1 Å². The van der Waals surface area contributed by atoms with Crippen LogP contribution in [0.25, 0.3) is 0 Å². The summed E-state index contributed by atoms with van der Waals surface area (Å²) in [6.07, 6.45) is 58.8. The van der Waals surface area contributed by atoms with Gasteiger partial charge in [0.25, 0.3) is 0 Å². The molecule has 0 aliphatic rings. The van der Waals surface area contributed by atoms with Gasteiger partial charge in [-0.15, -0.1) is 0 Å². The molecule has 0 saturated carbocycles. The summed E-state index contributed by atoms with van der Waals surface area (Å²) in [6.45, 7) is 6.42. The first-order chi connectivity index (χ1) is 29.0. The number of allylic oxidation sites excluding steroid dienone is 12. The Labute approximate surface area is 363 Å². The second-order valence-electron chi connectivity index (χ2n) is 16.0. The van der Waals surface area contributed by atoms with Crippen LogP contribution in [0.3, 0.4) is 0 Å². The fraction of sp³-hybridized carbons (Fsp3) is 0.717. The molecular weight excluding hydrogens is 733 g/mol. The molecule has 0 fully saturated rings. The molecule has 0 aliphatic carbocycles. The summed E-state index contributed by atoms with van der Waals surface area (Å²) < 4.78 is 16.7. The van der Waals surface area contributed by atoms with Crippen LogP contribution in [0.15, 0.2) is 72.9 Å². The van der Waals surface area contributed by atoms with Crippen LogP contribution in [0.4, 0.5) is 0 Å². The molecule has 0 bridgehead atoms. The minimum Gasteiger partial charge on any atom is -0.462 e. The highest BCUT2D eigenvalue weighted by Crippen LogP contribution is 2.13. The number of unbranched alkanes of at least 4 members (excludes halogenated alkanes) is 20. The van der Waals surface area contributed by atoms with Gasteiger partial charge in [0.05, 0.1) is 0 Å². The van der Waals surface area contributed by atoms with Crippen molar-refractivity contribution in [2.24, 2.45) is 0 Å². The molecule has 59 heavy (non-hydrogen) atoms. The first-order valence-corrected chi connectivity index (χ1v) is 24.4. The summed E-state index contributed by atoms with van der Waals surface area (Å²) in [7, 11) is 0. The van der Waals surface area contributed by atoms with Crippen LogP contribution in [-0.2, 0) is 28.6 Å². The number of hydrogen-bond acceptors (Lipinski definition) is 6. The molecule has 338 valence electrons. The van der Waals surface area contributed by atoms with E-state index in [4.69, 9.17) is 14.2 Å². The van der Waals surface area contributed by atoms with Crippen LogP contribution in [0.2, 0.25) is 0 Å². The van der Waals surface area contributed by atoms with Crippen LogP contribution >= 0.6 is 0 Å². The molecule has 0 rings (SSSR count). The molecule has 0 aliphatic heterocycles. The number of ether oxygens (including phenoxy) is 3. The van der Waals surface area contributed by atoms with Crippen molar-refractivity contribution in [1.82, 2.24) is 0 Å². The van der Waals surface area contributed by atoms with E-state index in [9.17, 15) is 14.4 Å². The van der Waals surface area contributed by atoms with Gasteiger partial charge in [-0.05, 0) is 103 Å². The van der Waals surface area contributed by atoms with Gasteiger partial charge in [-0.25, -0.2) is 0 Å². The van der Waals surface area contributed by atoms with E-state index in [0.29, 0.717) is 19.3 Å². The van der Waals surface area contributed by atoms with Crippen molar-refractivity contribution in [2.45, 2.75) is 232 Å². The smallest absolute Gasteiger partial charge is 0.306 e. The Morgan fingerprint density at radius 3 is 1.14 bits per heavy atom. The highest BCUT2D eigenvalue weighted by Gasteiger charge is 2.19. The maximum absolute atomic E-state index is 12.8. The van der Waals surface area contributed by atoms with Crippen molar-refractivity contribution < 1.29 is 28.6 Å². The zero-order valence-corrected chi connectivity index (χ0v) is 38.5. The predicted octanol–water partition coefficient (Wildman–Crippen LogP) is 15.9. The molecule has 6 heteroatoms. The summed E-state index contributed by atoms with van der Waals surface area (Å²) in [5.41, 5.74) is 0. The van der Waals surface area contributed by atoms with E-state index >= 15 is 0 Å². The average molecular weight is 823 g/mol. The van der Waals surface area contributed by atoms with Crippen molar-refractivity contribution >= 4 is 17.9 Å². The zero-order chi connectivity index (χ0) is 43.0. The minimum atomic E-state index is -0.798. The van der Waals surface area contributed by atoms with Gasteiger partial charge < -0.3 is 14.2 Å². The maximum atomic E-state index is 12.8. The second kappa shape index (κ2) is 47.5. The number of carbonyl (C=O) groups is 3. The molecule has 0 aromatic carbocycles. The molecule has 6 nitrogen and oxygen atoms in total. The summed E-state index contributed by atoms with van der Waals surface area (Å²) in [6, 6.07) is 0. The Balaban J connectivity index is 4.47. The van der Waals surface area contributed by atoms with Crippen molar-refractivity contribution in [3.05, 3.63) is 72.9 Å². The van der Waals surface area contributed by atoms with Gasteiger partial charge in [0, 0.05) is 19.3 Å². The molecule has 0 saturated heterocycles. The number of rotatable bonds is 43. The Bertz CT molecular complexity index is 1130. The van der Waals surface area contributed by atoms with E-state index in [1.165, 1.54) is 77.0 Å². The fourth-order valence-electron chi connectivity index (χ4n) is 6.47. The summed E-state index contributed by atoms with van der Waals surface area (Å²) >= 11 is 0. The normalized spacial score (nSPS) is 12.7. The quantitative estimate of drug-likeness (QED) is 0.0264. The Kier molecular flexibility index (Phi) is 45.0. The van der Waals surface area contributed by atoms with E-state index in [2.05, 4.69) is 93.7 Å². The van der Waals surface area contributed by atoms with Crippen LogP contribution in [-0.4, -0.2) is 37.2 Å². The van der Waals surface area contributed by atoms with Gasteiger partial charge in [0.15, 0.2) is 6.10 Å². The number of esters is 3. The van der Waals surface area contributed by atoms with Crippen molar-refractivity contribution in [3.8, 4) is 0 Å². The number of carbonyl (C=O) groups excluding carboxylic acids is 3. The molecule has 0 radical (unpaired) electrons. The SMILES string of the molecule is CC/C=C\C/C=C\C/C=C\C/C=C\CCCCC(=O)OC[C@@H](COC(=O)CCCCCCC/C=C\CCCC)OC(=O)CCCCCCC/C=C\CCCCCCCC. The third-order valence-corrected chi connectivity index (χ3v) is 10.2. The molecule has 0 amide bonds. The third kappa shape index (κ3) is 45.8. The van der Waals surface area contributed by atoms with E-state index in [1.54, 1.807) is 0 Å². The topological polar surface area (TPSA) is 78.9 Å². The van der Waals surface area contributed by atoms with Gasteiger partial charge >= 0.3 is 17.9 Å². The molecule has 1 atom stereocenters.